The lowest BCUT2D eigenvalue weighted by Gasteiger charge is -2.28. The van der Waals surface area contributed by atoms with Crippen LogP contribution in [0.15, 0.2) is 30.3 Å². The third-order valence-electron chi connectivity index (χ3n) is 3.31. The van der Waals surface area contributed by atoms with Crippen molar-refractivity contribution < 1.29 is 12.4 Å². The highest BCUT2D eigenvalue weighted by Gasteiger charge is 2.45. The van der Waals surface area contributed by atoms with Crippen LogP contribution in [0.4, 0.5) is 0 Å². The Morgan fingerprint density at radius 2 is 1.53 bits per heavy atom. The Hall–Kier alpha value is -0.100. The first kappa shape index (κ1) is 13.0. The molecule has 1 saturated heterocycles. The molecular weight excluding hydrogens is 225 g/mol. The molecule has 1 aliphatic rings. The van der Waals surface area contributed by atoms with E-state index >= 15 is 0 Å². The zero-order chi connectivity index (χ0) is 10.0. The highest BCUT2D eigenvalue weighted by atomic mass is 35.5. The van der Waals surface area contributed by atoms with E-state index in [2.05, 4.69) is 49.1 Å². The van der Waals surface area contributed by atoms with Crippen molar-refractivity contribution in [3.63, 3.8) is 0 Å². The second kappa shape index (κ2) is 5.30. The lowest BCUT2D eigenvalue weighted by Crippen LogP contribution is -3.00. The third kappa shape index (κ3) is 2.36. The summed E-state index contributed by atoms with van der Waals surface area (Å²) in [5.41, 5.74) is 0. The first-order chi connectivity index (χ1) is 6.76. The number of rotatable bonds is 2. The highest BCUT2D eigenvalue weighted by Crippen LogP contribution is 2.63. The standard InChI is InChI=1S/C12H19NP.ClH/c1-13(2)14(10-6-7-11-14)12-8-4-3-5-9-12;/h3-5,8-9H,6-7,10-11H2,1-2H3;1H/q+1;/p-1. The first-order valence-corrected chi connectivity index (χ1v) is 7.47. The van der Waals surface area contributed by atoms with E-state index < -0.39 is 7.41 Å². The van der Waals surface area contributed by atoms with Crippen LogP contribution in [0.25, 0.3) is 0 Å². The average molecular weight is 244 g/mol. The maximum atomic E-state index is 2.51. The van der Waals surface area contributed by atoms with Crippen molar-refractivity contribution in [2.75, 3.05) is 26.4 Å². The third-order valence-corrected chi connectivity index (χ3v) is 8.21. The molecule has 1 aliphatic heterocycles. The Labute approximate surface area is 99.7 Å². The van der Waals surface area contributed by atoms with Crippen molar-refractivity contribution >= 4 is 12.7 Å². The van der Waals surface area contributed by atoms with Gasteiger partial charge in [-0.25, -0.2) is 0 Å². The molecule has 2 rings (SSSR count). The van der Waals surface area contributed by atoms with Crippen molar-refractivity contribution in [2.45, 2.75) is 12.8 Å². The van der Waals surface area contributed by atoms with Gasteiger partial charge in [0.2, 0.25) is 0 Å². The second-order valence-electron chi connectivity index (χ2n) is 4.26. The van der Waals surface area contributed by atoms with Crippen LogP contribution in [0.3, 0.4) is 0 Å². The Kier molecular flexibility index (Phi) is 4.58. The summed E-state index contributed by atoms with van der Waals surface area (Å²) in [6, 6.07) is 11.1. The lowest BCUT2D eigenvalue weighted by molar-refractivity contribution is -0.00000295. The maximum Gasteiger partial charge on any atom is 0.115 e. The lowest BCUT2D eigenvalue weighted by atomic mass is 10.4. The molecule has 84 valence electrons. The molecule has 1 aromatic carbocycles. The molecule has 15 heavy (non-hydrogen) atoms. The van der Waals surface area contributed by atoms with Gasteiger partial charge >= 0.3 is 0 Å². The number of benzene rings is 1. The first-order valence-electron chi connectivity index (χ1n) is 5.36. The van der Waals surface area contributed by atoms with Crippen LogP contribution in [0.1, 0.15) is 12.8 Å². The van der Waals surface area contributed by atoms with Crippen molar-refractivity contribution in [1.29, 1.82) is 0 Å². The van der Waals surface area contributed by atoms with Crippen LogP contribution in [-0.2, 0) is 0 Å². The van der Waals surface area contributed by atoms with Crippen molar-refractivity contribution in [2.24, 2.45) is 0 Å². The van der Waals surface area contributed by atoms with Crippen LogP contribution in [-0.4, -0.2) is 31.1 Å². The fourth-order valence-corrected chi connectivity index (χ4v) is 6.68. The fourth-order valence-electron chi connectivity index (χ4n) is 2.45. The minimum absolute atomic E-state index is 0. The fraction of sp³-hybridized carbons (Fsp3) is 0.500. The minimum Gasteiger partial charge on any atom is -1.00 e. The van der Waals surface area contributed by atoms with E-state index in [0.29, 0.717) is 0 Å². The molecule has 1 nitrogen and oxygen atoms in total. The molecule has 0 bridgehead atoms. The summed E-state index contributed by atoms with van der Waals surface area (Å²) in [5.74, 6) is 0. The van der Waals surface area contributed by atoms with Gasteiger partial charge in [-0.05, 0) is 25.0 Å². The number of nitrogens with zero attached hydrogens (tertiary/aromatic N) is 1. The predicted octanol–water partition coefficient (Wildman–Crippen LogP) is -0.396. The maximum absolute atomic E-state index is 2.51. The second-order valence-corrected chi connectivity index (χ2v) is 8.32. The van der Waals surface area contributed by atoms with E-state index in [1.165, 1.54) is 25.2 Å². The van der Waals surface area contributed by atoms with E-state index in [0.717, 1.165) is 0 Å². The van der Waals surface area contributed by atoms with Crippen LogP contribution in [0.2, 0.25) is 0 Å². The van der Waals surface area contributed by atoms with Crippen LogP contribution < -0.4 is 17.7 Å². The molecule has 1 fully saturated rings. The average Bonchev–Trinajstić information content (AvgIpc) is 2.69. The van der Waals surface area contributed by atoms with E-state index in [4.69, 9.17) is 0 Å². The summed E-state index contributed by atoms with van der Waals surface area (Å²) in [5, 5.41) is 1.60. The number of hydrogen-bond donors (Lipinski definition) is 0. The van der Waals surface area contributed by atoms with Gasteiger partial charge in [-0.1, -0.05) is 18.2 Å². The molecule has 0 saturated carbocycles. The van der Waals surface area contributed by atoms with Crippen molar-refractivity contribution in [1.82, 2.24) is 4.67 Å². The zero-order valence-electron chi connectivity index (χ0n) is 9.49. The van der Waals surface area contributed by atoms with Gasteiger partial charge in [-0.3, -0.25) is 0 Å². The summed E-state index contributed by atoms with van der Waals surface area (Å²) in [6.07, 6.45) is 5.68. The largest absolute Gasteiger partial charge is 1.00 e. The van der Waals surface area contributed by atoms with Crippen LogP contribution in [0, 0.1) is 0 Å². The molecule has 3 heteroatoms. The molecule has 0 aliphatic carbocycles. The molecule has 0 atom stereocenters. The minimum atomic E-state index is -0.938. The quantitative estimate of drug-likeness (QED) is 0.640. The monoisotopic (exact) mass is 243 g/mol. The van der Waals surface area contributed by atoms with Gasteiger partial charge in [0, 0.05) is 14.1 Å². The van der Waals surface area contributed by atoms with Gasteiger partial charge in [-0.15, -0.1) is 0 Å². The molecule has 0 aromatic heterocycles. The normalized spacial score (nSPS) is 18.9. The van der Waals surface area contributed by atoms with E-state index in [9.17, 15) is 0 Å². The highest BCUT2D eigenvalue weighted by molar-refractivity contribution is 7.81. The molecule has 0 unspecified atom stereocenters. The predicted molar refractivity (Wildman–Crippen MR) is 65.7 cm³/mol. The number of halogens is 1. The topological polar surface area (TPSA) is 3.24 Å². The summed E-state index contributed by atoms with van der Waals surface area (Å²) in [4.78, 5) is 0. The number of hydrogen-bond acceptors (Lipinski definition) is 1. The summed E-state index contributed by atoms with van der Waals surface area (Å²) < 4.78 is 2.51. The van der Waals surface area contributed by atoms with Gasteiger partial charge in [-0.2, -0.15) is 4.67 Å². The Balaban J connectivity index is 0.00000112. The smallest absolute Gasteiger partial charge is 0.115 e. The molecule has 0 radical (unpaired) electrons. The van der Waals surface area contributed by atoms with E-state index in [1.54, 1.807) is 5.30 Å². The van der Waals surface area contributed by atoms with Crippen molar-refractivity contribution in [3.05, 3.63) is 30.3 Å². The SMILES string of the molecule is CN(C)[P+]1(c2ccccc2)CCCC1.[Cl-]. The molecule has 0 amide bonds. The summed E-state index contributed by atoms with van der Waals surface area (Å²) in [7, 11) is 3.57. The van der Waals surface area contributed by atoms with Crippen LogP contribution >= 0.6 is 7.41 Å². The Bertz CT molecular complexity index is 294. The van der Waals surface area contributed by atoms with Gasteiger partial charge in [0.1, 0.15) is 12.7 Å². The zero-order valence-corrected chi connectivity index (χ0v) is 11.1. The summed E-state index contributed by atoms with van der Waals surface area (Å²) >= 11 is 0. The van der Waals surface area contributed by atoms with E-state index in [1.807, 2.05) is 0 Å². The van der Waals surface area contributed by atoms with Gasteiger partial charge in [0.15, 0.2) is 0 Å². The summed E-state index contributed by atoms with van der Waals surface area (Å²) in [6.45, 7) is 0. The van der Waals surface area contributed by atoms with Crippen LogP contribution in [0.5, 0.6) is 0 Å². The van der Waals surface area contributed by atoms with Gasteiger partial charge in [0.05, 0.1) is 12.3 Å². The molecule has 1 heterocycles. The van der Waals surface area contributed by atoms with Crippen molar-refractivity contribution in [3.8, 4) is 0 Å². The molecule has 0 spiro atoms. The van der Waals surface area contributed by atoms with Gasteiger partial charge in [0.25, 0.3) is 0 Å². The Morgan fingerprint density at radius 3 is 2.00 bits per heavy atom. The van der Waals surface area contributed by atoms with E-state index in [-0.39, 0.29) is 12.4 Å². The van der Waals surface area contributed by atoms with Gasteiger partial charge < -0.3 is 12.4 Å². The Morgan fingerprint density at radius 1 is 1.00 bits per heavy atom. The molecule has 0 N–H and O–H groups in total. The molecule has 1 aromatic rings. The molecular formula is C12H19ClNP.